The van der Waals surface area contributed by atoms with Gasteiger partial charge >= 0.3 is 0 Å². The zero-order valence-corrected chi connectivity index (χ0v) is 9.58. The molecule has 17 heavy (non-hydrogen) atoms. The van der Waals surface area contributed by atoms with E-state index in [4.69, 9.17) is 0 Å². The van der Waals surface area contributed by atoms with E-state index in [9.17, 15) is 5.11 Å². The van der Waals surface area contributed by atoms with Crippen molar-refractivity contribution in [2.45, 2.75) is 18.4 Å². The van der Waals surface area contributed by atoms with Gasteiger partial charge in [-0.25, -0.2) is 4.98 Å². The van der Waals surface area contributed by atoms with Gasteiger partial charge in [0.15, 0.2) is 0 Å². The number of imidazole rings is 1. The van der Waals surface area contributed by atoms with Crippen molar-refractivity contribution < 1.29 is 5.11 Å². The number of aromatic nitrogens is 2. The summed E-state index contributed by atoms with van der Waals surface area (Å²) in [6.45, 7) is 1.52. The quantitative estimate of drug-likeness (QED) is 0.843. The van der Waals surface area contributed by atoms with Crippen molar-refractivity contribution >= 4 is 11.5 Å². The number of nitrogens with zero attached hydrogens (tertiary/aromatic N) is 3. The smallest absolute Gasteiger partial charge is 0.138 e. The molecule has 3 heterocycles. The highest BCUT2D eigenvalue weighted by Crippen LogP contribution is 2.45. The molecule has 0 amide bonds. The Morgan fingerprint density at radius 3 is 2.88 bits per heavy atom. The maximum atomic E-state index is 10.3. The molecule has 1 saturated carbocycles. The second-order valence-electron chi connectivity index (χ2n) is 5.27. The molecule has 4 nitrogen and oxygen atoms in total. The van der Waals surface area contributed by atoms with Crippen molar-refractivity contribution in [3.8, 4) is 0 Å². The average molecular weight is 229 g/mol. The summed E-state index contributed by atoms with van der Waals surface area (Å²) >= 11 is 0. The lowest BCUT2D eigenvalue weighted by atomic mass is 9.89. The van der Waals surface area contributed by atoms with E-state index in [0.29, 0.717) is 5.92 Å². The molecule has 0 unspecified atom stereocenters. The van der Waals surface area contributed by atoms with Crippen LogP contribution in [0.1, 0.15) is 12.8 Å². The molecule has 2 aromatic rings. The summed E-state index contributed by atoms with van der Waals surface area (Å²) in [6.07, 6.45) is 6.17. The lowest BCUT2D eigenvalue weighted by Crippen LogP contribution is -2.63. The molecule has 1 N–H and O–H groups in total. The predicted molar refractivity (Wildman–Crippen MR) is 65.1 cm³/mol. The zero-order chi connectivity index (χ0) is 11.5. The van der Waals surface area contributed by atoms with Gasteiger partial charge in [-0.3, -0.25) is 4.40 Å². The first-order chi connectivity index (χ1) is 8.26. The van der Waals surface area contributed by atoms with Crippen LogP contribution < -0.4 is 4.90 Å². The van der Waals surface area contributed by atoms with Crippen LogP contribution in [0.15, 0.2) is 30.6 Å². The summed E-state index contributed by atoms with van der Waals surface area (Å²) < 4.78 is 2.08. The van der Waals surface area contributed by atoms with E-state index in [2.05, 4.69) is 20.4 Å². The molecule has 0 aromatic carbocycles. The second kappa shape index (κ2) is 3.01. The third-order valence-corrected chi connectivity index (χ3v) is 4.00. The van der Waals surface area contributed by atoms with Gasteiger partial charge in [0.2, 0.25) is 0 Å². The Labute approximate surface area is 99.5 Å². The molecule has 1 aliphatic carbocycles. The fourth-order valence-corrected chi connectivity index (χ4v) is 2.85. The molecule has 0 bridgehead atoms. The fraction of sp³-hybridized carbons (Fsp3) is 0.462. The average Bonchev–Trinajstić information content (AvgIpc) is 3.03. The molecule has 1 aliphatic heterocycles. The number of β-amino-alcohol motifs (C(OH)–C–C–N with tert-alkyl or cyclic N) is 1. The van der Waals surface area contributed by atoms with Crippen molar-refractivity contribution in [3.05, 3.63) is 30.6 Å². The molecule has 0 atom stereocenters. The minimum atomic E-state index is -0.428. The number of pyridine rings is 1. The summed E-state index contributed by atoms with van der Waals surface area (Å²) in [5.41, 5.74) is 0.535. The highest BCUT2D eigenvalue weighted by Gasteiger charge is 2.52. The van der Waals surface area contributed by atoms with Gasteiger partial charge < -0.3 is 10.0 Å². The maximum absolute atomic E-state index is 10.3. The molecule has 2 fully saturated rings. The normalized spacial score (nSPS) is 22.8. The molecule has 1 saturated heterocycles. The molecule has 88 valence electrons. The summed E-state index contributed by atoms with van der Waals surface area (Å²) in [6, 6.07) is 6.10. The number of rotatable bonds is 2. The van der Waals surface area contributed by atoms with Gasteiger partial charge in [0.1, 0.15) is 17.1 Å². The molecule has 0 spiro atoms. The minimum absolute atomic E-state index is 0.428. The van der Waals surface area contributed by atoms with Gasteiger partial charge in [-0.15, -0.1) is 0 Å². The summed E-state index contributed by atoms with van der Waals surface area (Å²) in [5, 5.41) is 10.3. The van der Waals surface area contributed by atoms with Crippen molar-refractivity contribution in [2.24, 2.45) is 5.92 Å². The first kappa shape index (κ1) is 9.48. The van der Waals surface area contributed by atoms with Crippen molar-refractivity contribution in [1.82, 2.24) is 9.38 Å². The molecular formula is C13H15N3O. The summed E-state index contributed by atoms with van der Waals surface area (Å²) in [7, 11) is 0. The lowest BCUT2D eigenvalue weighted by molar-refractivity contribution is -0.00984. The third kappa shape index (κ3) is 1.30. The lowest BCUT2D eigenvalue weighted by Gasteiger charge is -2.48. The molecule has 2 aliphatic rings. The van der Waals surface area contributed by atoms with E-state index < -0.39 is 5.60 Å². The first-order valence-electron chi connectivity index (χ1n) is 6.16. The van der Waals surface area contributed by atoms with Gasteiger partial charge in [-0.2, -0.15) is 0 Å². The first-order valence-corrected chi connectivity index (χ1v) is 6.16. The maximum Gasteiger partial charge on any atom is 0.138 e. The van der Waals surface area contributed by atoms with E-state index >= 15 is 0 Å². The van der Waals surface area contributed by atoms with Crippen molar-refractivity contribution in [3.63, 3.8) is 0 Å². The third-order valence-electron chi connectivity index (χ3n) is 4.00. The van der Waals surface area contributed by atoms with Crippen LogP contribution in [0, 0.1) is 5.92 Å². The van der Waals surface area contributed by atoms with Gasteiger partial charge in [0.25, 0.3) is 0 Å². The highest BCUT2D eigenvalue weighted by atomic mass is 16.3. The summed E-state index contributed by atoms with van der Waals surface area (Å²) in [4.78, 5) is 6.51. The van der Waals surface area contributed by atoms with Gasteiger partial charge in [-0.05, 0) is 30.9 Å². The van der Waals surface area contributed by atoms with Gasteiger partial charge in [0, 0.05) is 12.4 Å². The van der Waals surface area contributed by atoms with Crippen molar-refractivity contribution in [1.29, 1.82) is 0 Å². The number of hydrogen-bond donors (Lipinski definition) is 1. The SMILES string of the molecule is OC1(C2CC2)CN(c2cccc3nccn23)C1. The summed E-state index contributed by atoms with van der Waals surface area (Å²) in [5.74, 6) is 1.67. The van der Waals surface area contributed by atoms with Crippen LogP contribution in [0.2, 0.25) is 0 Å². The van der Waals surface area contributed by atoms with E-state index in [1.165, 1.54) is 12.8 Å². The zero-order valence-electron chi connectivity index (χ0n) is 9.58. The Kier molecular flexibility index (Phi) is 1.68. The Bertz CT molecular complexity index is 567. The van der Waals surface area contributed by atoms with Crippen LogP contribution in [-0.4, -0.2) is 33.2 Å². The number of anilines is 1. The fourth-order valence-electron chi connectivity index (χ4n) is 2.85. The van der Waals surface area contributed by atoms with Crippen LogP contribution in [0.25, 0.3) is 5.65 Å². The van der Waals surface area contributed by atoms with Crippen molar-refractivity contribution in [2.75, 3.05) is 18.0 Å². The molecule has 0 radical (unpaired) electrons. The van der Waals surface area contributed by atoms with Crippen LogP contribution in [0.4, 0.5) is 5.82 Å². The van der Waals surface area contributed by atoms with Gasteiger partial charge in [-0.1, -0.05) is 6.07 Å². The van der Waals surface area contributed by atoms with Crippen LogP contribution >= 0.6 is 0 Å². The standard InChI is InChI=1S/C13H15N3O/c17-13(10-4-5-10)8-15(9-13)12-3-1-2-11-14-6-7-16(11)12/h1-3,6-7,10,17H,4-5,8-9H2. The number of hydrogen-bond acceptors (Lipinski definition) is 3. The van der Waals surface area contributed by atoms with Crippen LogP contribution in [0.5, 0.6) is 0 Å². The van der Waals surface area contributed by atoms with E-state index in [-0.39, 0.29) is 0 Å². The van der Waals surface area contributed by atoms with Gasteiger partial charge in [0.05, 0.1) is 13.1 Å². The second-order valence-corrected chi connectivity index (χ2v) is 5.27. The largest absolute Gasteiger partial charge is 0.386 e. The highest BCUT2D eigenvalue weighted by molar-refractivity contribution is 5.54. The topological polar surface area (TPSA) is 40.8 Å². The number of aliphatic hydroxyl groups is 1. The minimum Gasteiger partial charge on any atom is -0.386 e. The Morgan fingerprint density at radius 1 is 1.29 bits per heavy atom. The monoisotopic (exact) mass is 229 g/mol. The van der Waals surface area contributed by atoms with Crippen LogP contribution in [0.3, 0.4) is 0 Å². The molecular weight excluding hydrogens is 214 g/mol. The Balaban J connectivity index is 1.66. The molecule has 4 rings (SSSR count). The van der Waals surface area contributed by atoms with E-state index in [0.717, 1.165) is 24.6 Å². The molecule has 4 heteroatoms. The predicted octanol–water partition coefficient (Wildman–Crippen LogP) is 1.30. The Hall–Kier alpha value is -1.55. The molecule has 2 aromatic heterocycles. The van der Waals surface area contributed by atoms with E-state index in [1.807, 2.05) is 24.5 Å². The number of fused-ring (bicyclic) bond motifs is 1. The Morgan fingerprint density at radius 2 is 2.12 bits per heavy atom. The van der Waals surface area contributed by atoms with Crippen LogP contribution in [-0.2, 0) is 0 Å². The van der Waals surface area contributed by atoms with E-state index in [1.54, 1.807) is 0 Å².